The van der Waals surface area contributed by atoms with E-state index >= 15 is 0 Å². The molecule has 2 heterocycles. The van der Waals surface area contributed by atoms with Gasteiger partial charge < -0.3 is 9.47 Å². The van der Waals surface area contributed by atoms with Gasteiger partial charge in [-0.2, -0.15) is 5.10 Å². The minimum absolute atomic E-state index is 0.0820. The van der Waals surface area contributed by atoms with E-state index in [0.717, 1.165) is 28.3 Å². The van der Waals surface area contributed by atoms with E-state index in [1.807, 2.05) is 38.5 Å². The lowest BCUT2D eigenvalue weighted by Crippen LogP contribution is -2.27. The maximum absolute atomic E-state index is 12.4. The molecule has 126 valence electrons. The van der Waals surface area contributed by atoms with Crippen LogP contribution in [-0.2, 0) is 24.9 Å². The largest absolute Gasteiger partial charge is 0.341 e. The molecule has 0 spiro atoms. The summed E-state index contributed by atoms with van der Waals surface area (Å²) in [6, 6.07) is 8.06. The number of rotatable bonds is 6. The van der Waals surface area contributed by atoms with Crippen molar-refractivity contribution in [1.29, 1.82) is 0 Å². The number of imidazole rings is 1. The third-order valence-electron chi connectivity index (χ3n) is 3.86. The standard InChI is InChI=1S/C17H21N5OS/c1-4-22-15-8-6-5-7-14(15)19-17(22)24-12-16(23)20(2)10-13-9-18-21(3)11-13/h5-9,11H,4,10,12H2,1-3H3. The number of hydrogen-bond acceptors (Lipinski definition) is 4. The number of aromatic nitrogens is 4. The summed E-state index contributed by atoms with van der Waals surface area (Å²) >= 11 is 1.49. The first-order valence-electron chi connectivity index (χ1n) is 7.88. The average molecular weight is 343 g/mol. The molecule has 2 aromatic heterocycles. The van der Waals surface area contributed by atoms with E-state index in [-0.39, 0.29) is 5.91 Å². The molecule has 0 saturated carbocycles. The predicted molar refractivity (Wildman–Crippen MR) is 95.8 cm³/mol. The molecule has 0 fully saturated rings. The number of hydrogen-bond donors (Lipinski definition) is 0. The summed E-state index contributed by atoms with van der Waals surface area (Å²) in [5.41, 5.74) is 3.11. The van der Waals surface area contributed by atoms with Gasteiger partial charge in [0.2, 0.25) is 5.91 Å². The van der Waals surface area contributed by atoms with Gasteiger partial charge in [-0.25, -0.2) is 4.98 Å². The maximum atomic E-state index is 12.4. The number of thioether (sulfide) groups is 1. The van der Waals surface area contributed by atoms with Gasteiger partial charge in [0, 0.05) is 38.9 Å². The van der Waals surface area contributed by atoms with E-state index in [1.165, 1.54) is 11.8 Å². The van der Waals surface area contributed by atoms with E-state index in [1.54, 1.807) is 15.8 Å². The summed E-state index contributed by atoms with van der Waals surface area (Å²) in [6.45, 7) is 3.49. The molecule has 6 nitrogen and oxygen atoms in total. The molecule has 0 saturated heterocycles. The summed E-state index contributed by atoms with van der Waals surface area (Å²) in [7, 11) is 3.69. The van der Waals surface area contributed by atoms with Crippen LogP contribution in [0.5, 0.6) is 0 Å². The van der Waals surface area contributed by atoms with Gasteiger partial charge in [-0.15, -0.1) is 0 Å². The van der Waals surface area contributed by atoms with Gasteiger partial charge in [-0.05, 0) is 19.1 Å². The van der Waals surface area contributed by atoms with Gasteiger partial charge in [0.1, 0.15) is 0 Å². The molecule has 0 aliphatic heterocycles. The van der Waals surface area contributed by atoms with Crippen molar-refractivity contribution >= 4 is 28.7 Å². The molecule has 0 atom stereocenters. The Morgan fingerprint density at radius 2 is 2.12 bits per heavy atom. The second kappa shape index (κ2) is 7.09. The van der Waals surface area contributed by atoms with Crippen LogP contribution in [0, 0.1) is 0 Å². The number of aryl methyl sites for hydroxylation is 2. The molecule has 0 N–H and O–H groups in total. The highest BCUT2D eigenvalue weighted by molar-refractivity contribution is 7.99. The Morgan fingerprint density at radius 1 is 1.33 bits per heavy atom. The Hall–Kier alpha value is -2.28. The number of fused-ring (bicyclic) bond motifs is 1. The van der Waals surface area contributed by atoms with E-state index < -0.39 is 0 Å². The van der Waals surface area contributed by atoms with Crippen LogP contribution in [0.25, 0.3) is 11.0 Å². The zero-order chi connectivity index (χ0) is 17.1. The topological polar surface area (TPSA) is 56.0 Å². The third-order valence-corrected chi connectivity index (χ3v) is 4.83. The molecule has 24 heavy (non-hydrogen) atoms. The van der Waals surface area contributed by atoms with Crippen molar-refractivity contribution in [3.05, 3.63) is 42.2 Å². The number of nitrogens with zero attached hydrogens (tertiary/aromatic N) is 5. The number of para-hydroxylation sites is 2. The van der Waals surface area contributed by atoms with Gasteiger partial charge in [0.15, 0.2) is 5.16 Å². The second-order valence-corrected chi connectivity index (χ2v) is 6.63. The lowest BCUT2D eigenvalue weighted by molar-refractivity contribution is -0.127. The first kappa shape index (κ1) is 16.6. The van der Waals surface area contributed by atoms with Gasteiger partial charge in [0.25, 0.3) is 0 Å². The van der Waals surface area contributed by atoms with Crippen LogP contribution >= 0.6 is 11.8 Å². The highest BCUT2D eigenvalue weighted by Gasteiger charge is 2.14. The SMILES string of the molecule is CCn1c(SCC(=O)N(C)Cc2cnn(C)c2)nc2ccccc21. The quantitative estimate of drug-likeness (QED) is 0.646. The van der Waals surface area contributed by atoms with Gasteiger partial charge in [-0.1, -0.05) is 23.9 Å². The van der Waals surface area contributed by atoms with Gasteiger partial charge >= 0.3 is 0 Å². The van der Waals surface area contributed by atoms with Crippen molar-refractivity contribution in [3.8, 4) is 0 Å². The van der Waals surface area contributed by atoms with Crippen molar-refractivity contribution in [2.75, 3.05) is 12.8 Å². The molecular formula is C17H21N5OS. The Kier molecular flexibility index (Phi) is 4.89. The minimum atomic E-state index is 0.0820. The molecular weight excluding hydrogens is 322 g/mol. The molecule has 7 heteroatoms. The van der Waals surface area contributed by atoms with E-state index in [0.29, 0.717) is 12.3 Å². The van der Waals surface area contributed by atoms with E-state index in [9.17, 15) is 4.79 Å². The lowest BCUT2D eigenvalue weighted by atomic mass is 10.3. The Labute approximate surface area is 145 Å². The predicted octanol–water partition coefficient (Wildman–Crippen LogP) is 2.54. The summed E-state index contributed by atoms with van der Waals surface area (Å²) in [5.74, 6) is 0.457. The van der Waals surface area contributed by atoms with Crippen LogP contribution in [0.4, 0.5) is 0 Å². The van der Waals surface area contributed by atoms with Crippen LogP contribution in [-0.4, -0.2) is 42.9 Å². The highest BCUT2D eigenvalue weighted by Crippen LogP contribution is 2.24. The summed E-state index contributed by atoms with van der Waals surface area (Å²) in [4.78, 5) is 18.8. The van der Waals surface area contributed by atoms with E-state index in [2.05, 4.69) is 27.6 Å². The molecule has 0 unspecified atom stereocenters. The molecule has 1 aromatic carbocycles. The molecule has 0 radical (unpaired) electrons. The van der Waals surface area contributed by atoms with E-state index in [4.69, 9.17) is 0 Å². The number of carbonyl (C=O) groups is 1. The Bertz CT molecular complexity index is 854. The normalized spacial score (nSPS) is 11.1. The summed E-state index contributed by atoms with van der Waals surface area (Å²) < 4.78 is 3.89. The lowest BCUT2D eigenvalue weighted by Gasteiger charge is -2.16. The fraction of sp³-hybridized carbons (Fsp3) is 0.353. The van der Waals surface area contributed by atoms with Crippen molar-refractivity contribution in [3.63, 3.8) is 0 Å². The van der Waals surface area contributed by atoms with Crippen LogP contribution in [0.2, 0.25) is 0 Å². The van der Waals surface area contributed by atoms with Crippen molar-refractivity contribution < 1.29 is 4.79 Å². The molecule has 0 aliphatic carbocycles. The third kappa shape index (κ3) is 3.46. The fourth-order valence-corrected chi connectivity index (χ4v) is 3.64. The first-order valence-corrected chi connectivity index (χ1v) is 8.86. The first-order chi connectivity index (χ1) is 11.6. The monoisotopic (exact) mass is 343 g/mol. The molecule has 0 aliphatic rings. The summed E-state index contributed by atoms with van der Waals surface area (Å²) in [5, 5.41) is 5.02. The summed E-state index contributed by atoms with van der Waals surface area (Å²) in [6.07, 6.45) is 3.71. The molecule has 3 rings (SSSR count). The smallest absolute Gasteiger partial charge is 0.233 e. The zero-order valence-electron chi connectivity index (χ0n) is 14.1. The molecule has 0 bridgehead atoms. The molecule has 3 aromatic rings. The van der Waals surface area contributed by atoms with Gasteiger partial charge in [0.05, 0.1) is 23.0 Å². The van der Waals surface area contributed by atoms with Crippen LogP contribution in [0.3, 0.4) is 0 Å². The van der Waals surface area contributed by atoms with Gasteiger partial charge in [-0.3, -0.25) is 9.48 Å². The fourth-order valence-electron chi connectivity index (χ4n) is 2.62. The highest BCUT2D eigenvalue weighted by atomic mass is 32.2. The second-order valence-electron chi connectivity index (χ2n) is 5.69. The number of amides is 1. The van der Waals surface area contributed by atoms with Crippen molar-refractivity contribution in [2.45, 2.75) is 25.2 Å². The van der Waals surface area contributed by atoms with Crippen LogP contribution < -0.4 is 0 Å². The molecule has 1 amide bonds. The van der Waals surface area contributed by atoms with Crippen LogP contribution in [0.15, 0.2) is 41.8 Å². The van der Waals surface area contributed by atoms with Crippen molar-refractivity contribution in [1.82, 2.24) is 24.2 Å². The zero-order valence-corrected chi connectivity index (χ0v) is 15.0. The Balaban J connectivity index is 1.65. The minimum Gasteiger partial charge on any atom is -0.341 e. The van der Waals surface area contributed by atoms with Crippen LogP contribution in [0.1, 0.15) is 12.5 Å². The maximum Gasteiger partial charge on any atom is 0.233 e. The Morgan fingerprint density at radius 3 is 2.83 bits per heavy atom. The van der Waals surface area contributed by atoms with Crippen molar-refractivity contribution in [2.24, 2.45) is 7.05 Å². The average Bonchev–Trinajstić information content (AvgIpc) is 3.15. The number of carbonyl (C=O) groups excluding carboxylic acids is 1. The number of benzene rings is 1.